The summed E-state index contributed by atoms with van der Waals surface area (Å²) >= 11 is 11.9. The van der Waals surface area contributed by atoms with Crippen LogP contribution in [-0.2, 0) is 10.1 Å². The molecule has 0 fully saturated rings. The van der Waals surface area contributed by atoms with E-state index in [0.29, 0.717) is 26.9 Å². The third-order valence-corrected chi connectivity index (χ3v) is 6.07. The molecule has 1 N–H and O–H groups in total. The van der Waals surface area contributed by atoms with E-state index in [-0.39, 0.29) is 16.2 Å². The highest BCUT2D eigenvalue weighted by Gasteiger charge is 2.19. The van der Waals surface area contributed by atoms with Crippen LogP contribution in [0, 0.1) is 11.3 Å². The van der Waals surface area contributed by atoms with E-state index in [9.17, 15) is 13.7 Å². The molecule has 0 unspecified atom stereocenters. The number of hydrogen-bond acceptors (Lipinski definition) is 5. The van der Waals surface area contributed by atoms with Gasteiger partial charge in [0.15, 0.2) is 0 Å². The van der Waals surface area contributed by atoms with Crippen LogP contribution in [-0.4, -0.2) is 18.4 Å². The minimum Gasteiger partial charge on any atom is -0.378 e. The zero-order valence-corrected chi connectivity index (χ0v) is 18.0. The summed E-state index contributed by atoms with van der Waals surface area (Å²) in [7, 11) is -4.13. The summed E-state index contributed by atoms with van der Waals surface area (Å²) in [6, 6.07) is 19.5. The Balaban J connectivity index is 1.75. The number of nitrogens with zero attached hydrogens (tertiary/aromatic N) is 2. The Kier molecular flexibility index (Phi) is 5.70. The molecule has 0 aliphatic rings. The number of aromatic nitrogens is 2. The molecule has 31 heavy (non-hydrogen) atoms. The summed E-state index contributed by atoms with van der Waals surface area (Å²) in [5.74, 6) is 0.360. The molecule has 0 spiro atoms. The van der Waals surface area contributed by atoms with Gasteiger partial charge in [-0.2, -0.15) is 13.7 Å². The van der Waals surface area contributed by atoms with Crippen molar-refractivity contribution in [2.45, 2.75) is 4.90 Å². The third-order valence-electron chi connectivity index (χ3n) is 4.34. The molecule has 1 heterocycles. The van der Waals surface area contributed by atoms with Gasteiger partial charge in [0.1, 0.15) is 22.5 Å². The number of para-hydroxylation sites is 2. The lowest BCUT2D eigenvalue weighted by Crippen LogP contribution is -2.10. The van der Waals surface area contributed by atoms with Crippen molar-refractivity contribution < 1.29 is 12.6 Å². The molecule has 0 aliphatic carbocycles. The van der Waals surface area contributed by atoms with Crippen molar-refractivity contribution in [2.24, 2.45) is 0 Å². The molecule has 4 aromatic rings. The van der Waals surface area contributed by atoms with Crippen molar-refractivity contribution in [1.29, 1.82) is 5.26 Å². The highest BCUT2D eigenvalue weighted by molar-refractivity contribution is 7.87. The highest BCUT2D eigenvalue weighted by Crippen LogP contribution is 2.30. The highest BCUT2D eigenvalue weighted by atomic mass is 35.5. The van der Waals surface area contributed by atoms with E-state index >= 15 is 0 Å². The molecule has 0 amide bonds. The maximum absolute atomic E-state index is 12.7. The summed E-state index contributed by atoms with van der Waals surface area (Å²) in [6.45, 7) is 0. The first-order chi connectivity index (χ1) is 14.9. The maximum atomic E-state index is 12.7. The molecule has 6 nitrogen and oxygen atoms in total. The summed E-state index contributed by atoms with van der Waals surface area (Å²) in [5, 5.41) is 10.4. The second-order valence-electron chi connectivity index (χ2n) is 6.45. The van der Waals surface area contributed by atoms with Crippen LogP contribution in [0.4, 0.5) is 0 Å². The number of nitriles is 1. The molecular weight excluding hydrogens is 457 g/mol. The number of hydrogen-bond donors (Lipinski definition) is 1. The number of nitrogens with one attached hydrogen (secondary N) is 1. The van der Waals surface area contributed by atoms with E-state index < -0.39 is 10.1 Å². The number of allylic oxidation sites excluding steroid dienone is 1. The van der Waals surface area contributed by atoms with Gasteiger partial charge in [-0.1, -0.05) is 35.3 Å². The Morgan fingerprint density at radius 1 is 1.03 bits per heavy atom. The van der Waals surface area contributed by atoms with Crippen molar-refractivity contribution in [1.82, 2.24) is 9.97 Å². The zero-order valence-electron chi connectivity index (χ0n) is 15.7. The molecule has 0 bridgehead atoms. The standard InChI is InChI=1S/C22H13Cl2N3O3S/c23-16-5-8-18(9-6-16)31(28,29)30-21-10-7-17(24)12-14(21)11-15(13-25)22-26-19-3-1-2-4-20(19)27-22/h1-12H,(H,26,27)/b15-11+. The van der Waals surface area contributed by atoms with Crippen molar-refractivity contribution in [3.63, 3.8) is 0 Å². The van der Waals surface area contributed by atoms with Crippen LogP contribution in [0.25, 0.3) is 22.7 Å². The fourth-order valence-electron chi connectivity index (χ4n) is 2.87. The lowest BCUT2D eigenvalue weighted by Gasteiger charge is -2.10. The monoisotopic (exact) mass is 469 g/mol. The first-order valence-electron chi connectivity index (χ1n) is 8.92. The predicted octanol–water partition coefficient (Wildman–Crippen LogP) is 5.70. The Labute approximate surface area is 188 Å². The fraction of sp³-hybridized carbons (Fsp3) is 0. The van der Waals surface area contributed by atoms with E-state index in [1.807, 2.05) is 24.3 Å². The van der Waals surface area contributed by atoms with Crippen LogP contribution in [0.1, 0.15) is 11.4 Å². The van der Waals surface area contributed by atoms with Gasteiger partial charge in [0, 0.05) is 15.6 Å². The Morgan fingerprint density at radius 2 is 1.74 bits per heavy atom. The van der Waals surface area contributed by atoms with Crippen molar-refractivity contribution in [3.05, 3.63) is 88.2 Å². The van der Waals surface area contributed by atoms with Gasteiger partial charge in [-0.15, -0.1) is 0 Å². The van der Waals surface area contributed by atoms with Crippen molar-refractivity contribution in [3.8, 4) is 11.8 Å². The number of fused-ring (bicyclic) bond motifs is 1. The smallest absolute Gasteiger partial charge is 0.339 e. The van der Waals surface area contributed by atoms with Gasteiger partial charge in [-0.3, -0.25) is 0 Å². The molecule has 4 rings (SSSR count). The van der Waals surface area contributed by atoms with Crippen molar-refractivity contribution >= 4 is 56.0 Å². The second-order valence-corrected chi connectivity index (χ2v) is 8.87. The van der Waals surface area contributed by atoms with Gasteiger partial charge in [-0.25, -0.2) is 4.98 Å². The summed E-state index contributed by atoms with van der Waals surface area (Å²) in [4.78, 5) is 7.43. The number of imidazole rings is 1. The minimum atomic E-state index is -4.13. The van der Waals surface area contributed by atoms with Crippen LogP contribution in [0.2, 0.25) is 10.0 Å². The lowest BCUT2D eigenvalue weighted by molar-refractivity contribution is 0.485. The van der Waals surface area contributed by atoms with Gasteiger partial charge < -0.3 is 9.17 Å². The number of benzene rings is 3. The molecule has 1 aromatic heterocycles. The van der Waals surface area contributed by atoms with Gasteiger partial charge in [-0.05, 0) is 60.7 Å². The summed E-state index contributed by atoms with van der Waals surface area (Å²) < 4.78 is 30.7. The van der Waals surface area contributed by atoms with Gasteiger partial charge in [0.05, 0.1) is 16.6 Å². The molecule has 0 saturated heterocycles. The van der Waals surface area contributed by atoms with E-state index in [1.165, 1.54) is 48.5 Å². The van der Waals surface area contributed by atoms with Crippen LogP contribution in [0.3, 0.4) is 0 Å². The fourth-order valence-corrected chi connectivity index (χ4v) is 4.13. The molecule has 154 valence electrons. The first kappa shape index (κ1) is 20.9. The van der Waals surface area contributed by atoms with Crippen LogP contribution < -0.4 is 4.18 Å². The average Bonchev–Trinajstić information content (AvgIpc) is 3.18. The van der Waals surface area contributed by atoms with E-state index in [1.54, 1.807) is 0 Å². The van der Waals surface area contributed by atoms with E-state index in [0.717, 1.165) is 5.52 Å². The first-order valence-corrected chi connectivity index (χ1v) is 11.1. The topological polar surface area (TPSA) is 95.8 Å². The average molecular weight is 470 g/mol. The predicted molar refractivity (Wildman–Crippen MR) is 120 cm³/mol. The van der Waals surface area contributed by atoms with Crippen molar-refractivity contribution in [2.75, 3.05) is 0 Å². The molecule has 0 radical (unpaired) electrons. The Hall–Kier alpha value is -3.31. The van der Waals surface area contributed by atoms with Gasteiger partial charge in [0.2, 0.25) is 0 Å². The molecule has 0 aliphatic heterocycles. The van der Waals surface area contributed by atoms with E-state index in [4.69, 9.17) is 27.4 Å². The second kappa shape index (κ2) is 8.44. The Bertz CT molecular complexity index is 1420. The van der Waals surface area contributed by atoms with Crippen LogP contribution in [0.15, 0.2) is 71.6 Å². The third kappa shape index (κ3) is 4.57. The van der Waals surface area contributed by atoms with Gasteiger partial charge in [0.25, 0.3) is 0 Å². The molecular formula is C22H13Cl2N3O3S. The largest absolute Gasteiger partial charge is 0.378 e. The zero-order chi connectivity index (χ0) is 22.0. The number of aromatic amines is 1. The molecule has 3 aromatic carbocycles. The normalized spacial score (nSPS) is 12.0. The summed E-state index contributed by atoms with van der Waals surface area (Å²) in [6.07, 6.45) is 1.47. The quantitative estimate of drug-likeness (QED) is 0.298. The van der Waals surface area contributed by atoms with Crippen LogP contribution >= 0.6 is 23.2 Å². The number of halogens is 2. The molecule has 0 atom stereocenters. The SMILES string of the molecule is N#C/C(=C\c1cc(Cl)ccc1OS(=O)(=O)c1ccc(Cl)cc1)c1nc2ccccc2[nH]1. The lowest BCUT2D eigenvalue weighted by atomic mass is 10.1. The number of rotatable bonds is 5. The van der Waals surface area contributed by atoms with E-state index in [2.05, 4.69) is 16.0 Å². The number of H-pyrrole nitrogens is 1. The minimum absolute atomic E-state index is 0.0169. The van der Waals surface area contributed by atoms with Crippen LogP contribution in [0.5, 0.6) is 5.75 Å². The Morgan fingerprint density at radius 3 is 2.45 bits per heavy atom. The molecule has 9 heteroatoms. The maximum Gasteiger partial charge on any atom is 0.339 e. The molecule has 0 saturated carbocycles. The summed E-state index contributed by atoms with van der Waals surface area (Å²) in [5.41, 5.74) is 1.97. The van der Waals surface area contributed by atoms with Gasteiger partial charge >= 0.3 is 10.1 Å².